The van der Waals surface area contributed by atoms with Crippen LogP contribution in [0.5, 0.6) is 0 Å². The first kappa shape index (κ1) is 18.8. The molecule has 29 heavy (non-hydrogen) atoms. The molecule has 4 rings (SSSR count). The molecule has 1 aliphatic rings. The second-order valence-corrected chi connectivity index (χ2v) is 7.88. The van der Waals surface area contributed by atoms with Crippen molar-refractivity contribution in [2.24, 2.45) is 4.99 Å². The lowest BCUT2D eigenvalue weighted by Crippen LogP contribution is -2.26. The lowest BCUT2D eigenvalue weighted by Gasteiger charge is -2.07. The molecule has 0 bridgehead atoms. The summed E-state index contributed by atoms with van der Waals surface area (Å²) in [6.45, 7) is 1.30. The minimum atomic E-state index is -3.67. The highest BCUT2D eigenvalue weighted by molar-refractivity contribution is 7.90. The van der Waals surface area contributed by atoms with E-state index in [9.17, 15) is 13.2 Å². The zero-order valence-corrected chi connectivity index (χ0v) is 16.1. The summed E-state index contributed by atoms with van der Waals surface area (Å²) in [4.78, 5) is 16.5. The summed E-state index contributed by atoms with van der Waals surface area (Å²) in [6, 6.07) is 14.7. The third kappa shape index (κ3) is 3.87. The van der Waals surface area contributed by atoms with E-state index in [2.05, 4.69) is 19.9 Å². The quantitative estimate of drug-likeness (QED) is 0.635. The van der Waals surface area contributed by atoms with Gasteiger partial charge in [0, 0.05) is 11.1 Å². The van der Waals surface area contributed by atoms with Gasteiger partial charge in [0.1, 0.15) is 11.9 Å². The lowest BCUT2D eigenvalue weighted by atomic mass is 10.2. The van der Waals surface area contributed by atoms with Crippen LogP contribution in [0.4, 0.5) is 0 Å². The number of hydrogen-bond acceptors (Lipinski definition) is 8. The second-order valence-electron chi connectivity index (χ2n) is 6.23. The third-order valence-electron chi connectivity index (χ3n) is 4.15. The van der Waals surface area contributed by atoms with E-state index in [1.807, 2.05) is 30.3 Å². The molecule has 0 radical (unpaired) electrons. The minimum absolute atomic E-state index is 0.106. The number of benzene rings is 2. The Bertz CT molecular complexity index is 1190. The Morgan fingerprint density at radius 2 is 1.86 bits per heavy atom. The number of aliphatic imine (C=N–C) groups is 1. The van der Waals surface area contributed by atoms with Crippen LogP contribution in [0.2, 0.25) is 0 Å². The maximum absolute atomic E-state index is 12.3. The van der Waals surface area contributed by atoms with Gasteiger partial charge in [-0.15, -0.1) is 10.2 Å². The average Bonchev–Trinajstić information content (AvgIpc) is 3.30. The van der Waals surface area contributed by atoms with E-state index < -0.39 is 22.0 Å². The van der Waals surface area contributed by atoms with Crippen LogP contribution >= 0.6 is 0 Å². The molecule has 148 valence electrons. The molecule has 2 heterocycles. The fourth-order valence-corrected chi connectivity index (χ4v) is 3.98. The smallest absolute Gasteiger partial charge is 0.331 e. The van der Waals surface area contributed by atoms with Crippen LogP contribution in [0.25, 0.3) is 11.5 Å². The summed E-state index contributed by atoms with van der Waals surface area (Å²) in [5.74, 6) is -0.0828. The summed E-state index contributed by atoms with van der Waals surface area (Å²) >= 11 is 0. The van der Waals surface area contributed by atoms with Crippen molar-refractivity contribution in [2.45, 2.75) is 24.5 Å². The molecule has 0 saturated carbocycles. The first-order valence-corrected chi connectivity index (χ1v) is 10.2. The molecule has 2 aromatic carbocycles. The number of fused-ring (bicyclic) bond motifs is 1. The van der Waals surface area contributed by atoms with Gasteiger partial charge in [0.2, 0.25) is 5.89 Å². The van der Waals surface area contributed by atoms with Crippen molar-refractivity contribution in [2.75, 3.05) is 0 Å². The Labute approximate surface area is 166 Å². The topological polar surface area (TPSA) is 124 Å². The summed E-state index contributed by atoms with van der Waals surface area (Å²) in [7, 11) is -3.67. The summed E-state index contributed by atoms with van der Waals surface area (Å²) in [5, 5.41) is 7.78. The molecule has 0 aliphatic carbocycles. The molecule has 1 N–H and O–H groups in total. The summed E-state index contributed by atoms with van der Waals surface area (Å²) < 4.78 is 37.2. The summed E-state index contributed by atoms with van der Waals surface area (Å²) in [6.07, 6.45) is 0. The third-order valence-corrected chi connectivity index (χ3v) is 5.55. The second kappa shape index (κ2) is 7.47. The Balaban J connectivity index is 1.42. The first-order valence-electron chi connectivity index (χ1n) is 8.68. The van der Waals surface area contributed by atoms with Gasteiger partial charge in [-0.2, -0.15) is 0 Å². The van der Waals surface area contributed by atoms with Crippen LogP contribution in [0.3, 0.4) is 0 Å². The van der Waals surface area contributed by atoms with Gasteiger partial charge < -0.3 is 9.15 Å². The lowest BCUT2D eigenvalue weighted by molar-refractivity contribution is -0.146. The van der Waals surface area contributed by atoms with Gasteiger partial charge in [-0.3, -0.25) is 9.71 Å². The predicted molar refractivity (Wildman–Crippen MR) is 102 cm³/mol. The number of hydrogen-bond donors (Lipinski definition) is 1. The molecule has 0 spiro atoms. The molecule has 1 aromatic heterocycles. The van der Waals surface area contributed by atoms with Crippen molar-refractivity contribution in [3.05, 3.63) is 66.1 Å². The predicted octanol–water partition coefficient (Wildman–Crippen LogP) is 1.91. The Hall–Kier alpha value is -3.53. The molecular weight excluding hydrogens is 396 g/mol. The molecule has 9 nitrogen and oxygen atoms in total. The number of carbonyl (C=O) groups excluding carboxylic acids is 1. The van der Waals surface area contributed by atoms with E-state index in [1.54, 1.807) is 18.2 Å². The molecule has 3 aromatic rings. The molecular formula is C19H16N4O5S. The van der Waals surface area contributed by atoms with E-state index in [4.69, 9.17) is 9.15 Å². The van der Waals surface area contributed by atoms with Crippen molar-refractivity contribution < 1.29 is 22.4 Å². The number of sulfonamides is 1. The van der Waals surface area contributed by atoms with E-state index >= 15 is 0 Å². The number of rotatable bonds is 5. The van der Waals surface area contributed by atoms with E-state index in [-0.39, 0.29) is 23.2 Å². The molecule has 0 fully saturated rings. The number of aromatic nitrogens is 2. The van der Waals surface area contributed by atoms with Crippen LogP contribution in [0.1, 0.15) is 18.4 Å². The van der Waals surface area contributed by atoms with Gasteiger partial charge >= 0.3 is 5.97 Å². The van der Waals surface area contributed by atoms with E-state index in [1.165, 1.54) is 13.0 Å². The number of nitrogens with one attached hydrogen (secondary N) is 1. The maximum Gasteiger partial charge on any atom is 0.331 e. The molecule has 1 atom stereocenters. The van der Waals surface area contributed by atoms with Gasteiger partial charge in [-0.1, -0.05) is 30.3 Å². The Kier molecular flexibility index (Phi) is 4.85. The van der Waals surface area contributed by atoms with Crippen LogP contribution in [0, 0.1) is 0 Å². The van der Waals surface area contributed by atoms with Crippen LogP contribution in [0.15, 0.2) is 68.9 Å². The zero-order chi connectivity index (χ0) is 20.4. The van der Waals surface area contributed by atoms with Gasteiger partial charge in [0.15, 0.2) is 6.61 Å². The monoisotopic (exact) mass is 412 g/mol. The molecule has 0 amide bonds. The highest BCUT2D eigenvalue weighted by atomic mass is 32.2. The van der Waals surface area contributed by atoms with Crippen molar-refractivity contribution >= 4 is 21.8 Å². The van der Waals surface area contributed by atoms with Crippen LogP contribution < -0.4 is 4.72 Å². The van der Waals surface area contributed by atoms with Gasteiger partial charge in [-0.05, 0) is 31.2 Å². The highest BCUT2D eigenvalue weighted by Gasteiger charge is 2.31. The number of nitrogens with zero attached hydrogens (tertiary/aromatic N) is 3. The van der Waals surface area contributed by atoms with E-state index in [0.717, 1.165) is 5.56 Å². The fourth-order valence-electron chi connectivity index (χ4n) is 2.74. The number of carbonyl (C=O) groups is 1. The van der Waals surface area contributed by atoms with Crippen molar-refractivity contribution in [1.29, 1.82) is 0 Å². The van der Waals surface area contributed by atoms with Crippen LogP contribution in [-0.2, 0) is 26.2 Å². The van der Waals surface area contributed by atoms with E-state index in [0.29, 0.717) is 11.5 Å². The van der Waals surface area contributed by atoms with Gasteiger partial charge in [-0.25, -0.2) is 13.2 Å². The highest BCUT2D eigenvalue weighted by Crippen LogP contribution is 2.23. The molecule has 0 saturated heterocycles. The fraction of sp³-hybridized carbons (Fsp3) is 0.158. The first-order chi connectivity index (χ1) is 13.9. The van der Waals surface area contributed by atoms with Crippen LogP contribution in [-0.4, -0.2) is 36.5 Å². The van der Waals surface area contributed by atoms with Crippen molar-refractivity contribution in [3.8, 4) is 11.5 Å². The largest absolute Gasteiger partial charge is 0.454 e. The average molecular weight is 412 g/mol. The molecule has 1 aliphatic heterocycles. The van der Waals surface area contributed by atoms with Crippen molar-refractivity contribution in [3.63, 3.8) is 0 Å². The number of esters is 1. The number of amidine groups is 1. The SMILES string of the molecule is C[C@H](N=C1NS(=O)(=O)c2ccccc21)C(=O)OCc1nnc(-c2ccccc2)o1. The molecule has 10 heteroatoms. The molecule has 0 unspecified atom stereocenters. The number of ether oxygens (including phenoxy) is 1. The zero-order valence-electron chi connectivity index (χ0n) is 15.3. The maximum atomic E-state index is 12.3. The normalized spacial score (nSPS) is 16.8. The van der Waals surface area contributed by atoms with Crippen molar-refractivity contribution in [1.82, 2.24) is 14.9 Å². The minimum Gasteiger partial charge on any atom is -0.454 e. The summed E-state index contributed by atoms with van der Waals surface area (Å²) in [5.41, 5.74) is 1.17. The standard InChI is InChI=1S/C19H16N4O5S/c1-12(20-17-14-9-5-6-10-15(14)29(25,26)23-17)19(24)27-11-16-21-22-18(28-16)13-7-3-2-4-8-13/h2-10,12H,11H2,1H3,(H,20,23)/t12-/m0/s1. The Morgan fingerprint density at radius 3 is 2.66 bits per heavy atom. The van der Waals surface area contributed by atoms with Gasteiger partial charge in [0.05, 0.1) is 4.90 Å². The Morgan fingerprint density at radius 1 is 1.14 bits per heavy atom. The van der Waals surface area contributed by atoms with Gasteiger partial charge in [0.25, 0.3) is 15.9 Å².